The van der Waals surface area contributed by atoms with E-state index in [1.807, 2.05) is 0 Å². The highest BCUT2D eigenvalue weighted by atomic mass is 16.2. The second-order valence-corrected chi connectivity index (χ2v) is 5.08. The first-order valence-corrected chi connectivity index (χ1v) is 6.51. The van der Waals surface area contributed by atoms with Crippen LogP contribution in [0.4, 0.5) is 0 Å². The van der Waals surface area contributed by atoms with Gasteiger partial charge in [0.2, 0.25) is 5.91 Å². The third-order valence-corrected chi connectivity index (χ3v) is 3.50. The predicted molar refractivity (Wildman–Crippen MR) is 69.3 cm³/mol. The summed E-state index contributed by atoms with van der Waals surface area (Å²) in [5, 5.41) is 0. The molecule has 1 fully saturated rings. The number of hydrogen-bond donors (Lipinski definition) is 2. The van der Waals surface area contributed by atoms with Crippen LogP contribution in [0.1, 0.15) is 32.1 Å². The standard InChI is InChI=1S/C12H26N4O/c1-15(2)11-6-5-9-16(10-11)8-4-3-7-12(17)14-13/h11H,3-10,13H2,1-2H3,(H,14,17). The largest absolute Gasteiger partial charge is 0.305 e. The minimum absolute atomic E-state index is 0.0604. The molecule has 1 amide bonds. The number of hydrazine groups is 1. The van der Waals surface area contributed by atoms with E-state index < -0.39 is 0 Å². The lowest BCUT2D eigenvalue weighted by molar-refractivity contribution is -0.121. The van der Waals surface area contributed by atoms with Crippen LogP contribution >= 0.6 is 0 Å². The van der Waals surface area contributed by atoms with E-state index in [-0.39, 0.29) is 5.91 Å². The minimum atomic E-state index is -0.0604. The van der Waals surface area contributed by atoms with Crippen LogP contribution in [0.3, 0.4) is 0 Å². The summed E-state index contributed by atoms with van der Waals surface area (Å²) in [5.74, 6) is 4.97. The molecule has 0 spiro atoms. The molecule has 1 atom stereocenters. The van der Waals surface area contributed by atoms with Gasteiger partial charge in [0.05, 0.1) is 0 Å². The molecule has 1 heterocycles. The van der Waals surface area contributed by atoms with Crippen molar-refractivity contribution in [2.45, 2.75) is 38.1 Å². The predicted octanol–water partition coefficient (Wildman–Crippen LogP) is 0.173. The van der Waals surface area contributed by atoms with Crippen molar-refractivity contribution < 1.29 is 4.79 Å². The van der Waals surface area contributed by atoms with Gasteiger partial charge in [-0.1, -0.05) is 0 Å². The maximum atomic E-state index is 10.9. The van der Waals surface area contributed by atoms with Gasteiger partial charge in [-0.15, -0.1) is 0 Å². The molecule has 0 radical (unpaired) electrons. The summed E-state index contributed by atoms with van der Waals surface area (Å²) in [6.07, 6.45) is 5.13. The Morgan fingerprint density at radius 3 is 2.88 bits per heavy atom. The fraction of sp³-hybridized carbons (Fsp3) is 0.917. The van der Waals surface area contributed by atoms with Gasteiger partial charge in [-0.25, -0.2) is 5.84 Å². The minimum Gasteiger partial charge on any atom is -0.305 e. The molecule has 1 saturated heterocycles. The second-order valence-electron chi connectivity index (χ2n) is 5.08. The van der Waals surface area contributed by atoms with E-state index in [9.17, 15) is 4.79 Å². The lowest BCUT2D eigenvalue weighted by atomic mass is 10.0. The van der Waals surface area contributed by atoms with Gasteiger partial charge in [0, 0.05) is 19.0 Å². The monoisotopic (exact) mass is 242 g/mol. The van der Waals surface area contributed by atoms with Crippen molar-refractivity contribution in [3.63, 3.8) is 0 Å². The van der Waals surface area contributed by atoms with Crippen molar-refractivity contribution in [1.82, 2.24) is 15.2 Å². The van der Waals surface area contributed by atoms with Crippen LogP contribution in [0, 0.1) is 0 Å². The van der Waals surface area contributed by atoms with Crippen molar-refractivity contribution in [2.24, 2.45) is 5.84 Å². The SMILES string of the molecule is CN(C)C1CCCN(CCCCC(=O)NN)C1. The number of unbranched alkanes of at least 4 members (excludes halogenated alkanes) is 1. The maximum absolute atomic E-state index is 10.9. The Hall–Kier alpha value is -0.650. The Morgan fingerprint density at radius 2 is 2.24 bits per heavy atom. The Kier molecular flexibility index (Phi) is 6.47. The first-order valence-electron chi connectivity index (χ1n) is 6.51. The first kappa shape index (κ1) is 14.4. The van der Waals surface area contributed by atoms with E-state index in [0.29, 0.717) is 12.5 Å². The lowest BCUT2D eigenvalue weighted by Crippen LogP contribution is -2.45. The highest BCUT2D eigenvalue weighted by molar-refractivity contribution is 5.75. The number of likely N-dealkylation sites (N-methyl/N-ethyl adjacent to an activating group) is 1. The van der Waals surface area contributed by atoms with Gasteiger partial charge in [-0.3, -0.25) is 10.2 Å². The summed E-state index contributed by atoms with van der Waals surface area (Å²) in [6.45, 7) is 3.46. The molecule has 5 nitrogen and oxygen atoms in total. The molecule has 1 rings (SSSR count). The van der Waals surface area contributed by atoms with Gasteiger partial charge in [0.1, 0.15) is 0 Å². The smallest absolute Gasteiger partial charge is 0.233 e. The number of carbonyl (C=O) groups is 1. The Bertz CT molecular complexity index is 233. The quantitative estimate of drug-likeness (QED) is 0.302. The van der Waals surface area contributed by atoms with E-state index in [4.69, 9.17) is 5.84 Å². The average molecular weight is 242 g/mol. The molecule has 0 aromatic rings. The number of nitrogens with one attached hydrogen (secondary N) is 1. The Morgan fingerprint density at radius 1 is 1.47 bits per heavy atom. The van der Waals surface area contributed by atoms with E-state index in [1.165, 1.54) is 19.4 Å². The van der Waals surface area contributed by atoms with E-state index >= 15 is 0 Å². The summed E-state index contributed by atoms with van der Waals surface area (Å²) in [5.41, 5.74) is 2.17. The van der Waals surface area contributed by atoms with Crippen LogP contribution in [0.25, 0.3) is 0 Å². The number of piperidine rings is 1. The molecule has 1 aliphatic heterocycles. The highest BCUT2D eigenvalue weighted by Gasteiger charge is 2.20. The number of amides is 1. The zero-order valence-electron chi connectivity index (χ0n) is 11.1. The molecule has 100 valence electrons. The molecule has 0 aromatic carbocycles. The van der Waals surface area contributed by atoms with E-state index in [0.717, 1.165) is 25.9 Å². The topological polar surface area (TPSA) is 61.6 Å². The number of likely N-dealkylation sites (tertiary alicyclic amines) is 1. The van der Waals surface area contributed by atoms with Crippen molar-refractivity contribution in [3.8, 4) is 0 Å². The van der Waals surface area contributed by atoms with Gasteiger partial charge >= 0.3 is 0 Å². The zero-order valence-corrected chi connectivity index (χ0v) is 11.1. The van der Waals surface area contributed by atoms with Gasteiger partial charge in [0.15, 0.2) is 0 Å². The molecule has 1 unspecified atom stereocenters. The summed E-state index contributed by atoms with van der Waals surface area (Å²) in [6, 6.07) is 0.691. The Balaban J connectivity index is 2.12. The van der Waals surface area contributed by atoms with Crippen molar-refractivity contribution >= 4 is 5.91 Å². The number of hydrogen-bond acceptors (Lipinski definition) is 4. The average Bonchev–Trinajstić information content (AvgIpc) is 2.34. The normalized spacial score (nSPS) is 21.8. The third kappa shape index (κ3) is 5.48. The summed E-state index contributed by atoms with van der Waals surface area (Å²) < 4.78 is 0. The molecule has 5 heteroatoms. The maximum Gasteiger partial charge on any atom is 0.233 e. The fourth-order valence-electron chi connectivity index (χ4n) is 2.35. The molecular weight excluding hydrogens is 216 g/mol. The number of nitrogens with zero attached hydrogens (tertiary/aromatic N) is 2. The van der Waals surface area contributed by atoms with Gasteiger partial charge in [-0.05, 0) is 52.9 Å². The second kappa shape index (κ2) is 7.63. The number of rotatable bonds is 6. The molecule has 0 aromatic heterocycles. The molecule has 17 heavy (non-hydrogen) atoms. The van der Waals surface area contributed by atoms with E-state index in [1.54, 1.807) is 0 Å². The number of carbonyl (C=O) groups excluding carboxylic acids is 1. The van der Waals surface area contributed by atoms with Crippen molar-refractivity contribution in [3.05, 3.63) is 0 Å². The molecular formula is C12H26N4O. The van der Waals surface area contributed by atoms with Crippen LogP contribution < -0.4 is 11.3 Å². The van der Waals surface area contributed by atoms with Crippen molar-refractivity contribution in [1.29, 1.82) is 0 Å². The zero-order chi connectivity index (χ0) is 12.7. The molecule has 1 aliphatic rings. The lowest BCUT2D eigenvalue weighted by Gasteiger charge is -2.36. The first-order chi connectivity index (χ1) is 8.13. The summed E-state index contributed by atoms with van der Waals surface area (Å²) >= 11 is 0. The highest BCUT2D eigenvalue weighted by Crippen LogP contribution is 2.14. The van der Waals surface area contributed by atoms with Gasteiger partial charge < -0.3 is 9.80 Å². The van der Waals surface area contributed by atoms with Gasteiger partial charge in [-0.2, -0.15) is 0 Å². The van der Waals surface area contributed by atoms with E-state index in [2.05, 4.69) is 29.3 Å². The molecule has 0 bridgehead atoms. The van der Waals surface area contributed by atoms with Crippen LogP contribution in [-0.2, 0) is 4.79 Å². The van der Waals surface area contributed by atoms with Crippen LogP contribution in [0.2, 0.25) is 0 Å². The van der Waals surface area contributed by atoms with Gasteiger partial charge in [0.25, 0.3) is 0 Å². The third-order valence-electron chi connectivity index (χ3n) is 3.50. The van der Waals surface area contributed by atoms with Crippen molar-refractivity contribution in [2.75, 3.05) is 33.7 Å². The fourth-order valence-corrected chi connectivity index (χ4v) is 2.35. The van der Waals surface area contributed by atoms with Crippen LogP contribution in [0.15, 0.2) is 0 Å². The Labute approximate surface area is 104 Å². The molecule has 0 saturated carbocycles. The molecule has 0 aliphatic carbocycles. The van der Waals surface area contributed by atoms with Crippen LogP contribution in [-0.4, -0.2) is 55.5 Å². The molecule has 3 N–H and O–H groups in total. The summed E-state index contributed by atoms with van der Waals surface area (Å²) in [4.78, 5) is 15.8. The number of nitrogens with two attached hydrogens (primary N) is 1. The van der Waals surface area contributed by atoms with Crippen LogP contribution in [0.5, 0.6) is 0 Å². The summed E-state index contributed by atoms with van der Waals surface area (Å²) in [7, 11) is 4.31.